The van der Waals surface area contributed by atoms with Crippen LogP contribution in [0.25, 0.3) is 16.2 Å². The molecule has 8 heteroatoms. The Kier molecular flexibility index (Phi) is 5.57. The van der Waals surface area contributed by atoms with Crippen LogP contribution in [-0.4, -0.2) is 28.7 Å². The van der Waals surface area contributed by atoms with Crippen molar-refractivity contribution in [2.75, 3.05) is 7.11 Å². The van der Waals surface area contributed by atoms with Gasteiger partial charge in [-0.3, -0.25) is 9.20 Å². The fraction of sp³-hybridized carbons (Fsp3) is 0.136. The second-order valence-electron chi connectivity index (χ2n) is 6.53. The molecule has 0 spiro atoms. The normalized spacial score (nSPS) is 12.0. The number of hydrogen-bond acceptors (Lipinski definition) is 6. The summed E-state index contributed by atoms with van der Waals surface area (Å²) in [7, 11) is 1.33. The predicted octanol–water partition coefficient (Wildman–Crippen LogP) is 5.46. The number of aldehydes is 1. The summed E-state index contributed by atoms with van der Waals surface area (Å²) in [6.07, 6.45) is 3.95. The minimum absolute atomic E-state index is 0.353. The molecule has 0 unspecified atom stereocenters. The van der Waals surface area contributed by atoms with E-state index in [0.717, 1.165) is 22.5 Å². The number of methoxy groups -OCH3 is 1. The lowest BCUT2D eigenvalue weighted by Gasteiger charge is -2.16. The zero-order valence-corrected chi connectivity index (χ0v) is 17.7. The number of imidazole rings is 1. The molecule has 0 saturated carbocycles. The summed E-state index contributed by atoms with van der Waals surface area (Å²) in [4.78, 5) is 28.9. The Morgan fingerprint density at radius 2 is 2.10 bits per heavy atom. The van der Waals surface area contributed by atoms with Gasteiger partial charge in [-0.1, -0.05) is 29.8 Å². The Hall–Kier alpha value is -3.16. The SMILES string of the molecule is COC(=O)c1sc(-c2cnc3ccccn23)cc1O[C@H](C)c1ccc(C=O)cc1Cl. The molecule has 0 fully saturated rings. The van der Waals surface area contributed by atoms with E-state index >= 15 is 0 Å². The van der Waals surface area contributed by atoms with Gasteiger partial charge in [-0.15, -0.1) is 11.3 Å². The van der Waals surface area contributed by atoms with Gasteiger partial charge in [-0.2, -0.15) is 0 Å². The molecule has 0 amide bonds. The van der Waals surface area contributed by atoms with Crippen molar-refractivity contribution in [2.45, 2.75) is 13.0 Å². The first kappa shape index (κ1) is 20.1. The van der Waals surface area contributed by atoms with E-state index in [1.165, 1.54) is 18.4 Å². The molecule has 0 N–H and O–H groups in total. The van der Waals surface area contributed by atoms with Crippen molar-refractivity contribution in [3.8, 4) is 16.3 Å². The molecular formula is C22H17ClN2O4S. The van der Waals surface area contributed by atoms with Crippen molar-refractivity contribution >= 4 is 40.8 Å². The minimum atomic E-state index is -0.482. The maximum Gasteiger partial charge on any atom is 0.351 e. The van der Waals surface area contributed by atoms with Crippen LogP contribution in [0.15, 0.2) is 54.9 Å². The maximum atomic E-state index is 12.4. The summed E-state index contributed by atoms with van der Waals surface area (Å²) in [5, 5.41) is 0.420. The van der Waals surface area contributed by atoms with Gasteiger partial charge in [0, 0.05) is 28.4 Å². The van der Waals surface area contributed by atoms with E-state index in [2.05, 4.69) is 4.98 Å². The van der Waals surface area contributed by atoms with E-state index in [9.17, 15) is 9.59 Å². The van der Waals surface area contributed by atoms with Gasteiger partial charge in [0.15, 0.2) is 4.88 Å². The number of carbonyl (C=O) groups excluding carboxylic acids is 2. The van der Waals surface area contributed by atoms with Crippen molar-refractivity contribution in [1.82, 2.24) is 9.38 Å². The molecule has 152 valence electrons. The van der Waals surface area contributed by atoms with Gasteiger partial charge in [-0.05, 0) is 25.1 Å². The Bertz CT molecular complexity index is 1250. The lowest BCUT2D eigenvalue weighted by Crippen LogP contribution is -2.07. The number of aromatic nitrogens is 2. The van der Waals surface area contributed by atoms with Gasteiger partial charge < -0.3 is 9.47 Å². The van der Waals surface area contributed by atoms with Crippen LogP contribution >= 0.6 is 22.9 Å². The molecule has 0 bridgehead atoms. The number of hydrogen-bond donors (Lipinski definition) is 0. The zero-order chi connectivity index (χ0) is 21.3. The molecule has 0 aliphatic rings. The van der Waals surface area contributed by atoms with Gasteiger partial charge in [0.1, 0.15) is 23.8 Å². The van der Waals surface area contributed by atoms with E-state index in [4.69, 9.17) is 21.1 Å². The van der Waals surface area contributed by atoms with Crippen LogP contribution in [0.3, 0.4) is 0 Å². The van der Waals surface area contributed by atoms with Crippen LogP contribution in [0.4, 0.5) is 0 Å². The van der Waals surface area contributed by atoms with Gasteiger partial charge in [0.05, 0.1) is 23.9 Å². The van der Waals surface area contributed by atoms with Crippen molar-refractivity contribution < 1.29 is 19.1 Å². The first-order valence-corrected chi connectivity index (χ1v) is 10.3. The summed E-state index contributed by atoms with van der Waals surface area (Å²) in [6.45, 7) is 1.83. The van der Waals surface area contributed by atoms with E-state index in [1.54, 1.807) is 30.5 Å². The molecular weight excluding hydrogens is 424 g/mol. The van der Waals surface area contributed by atoms with Crippen LogP contribution in [0.2, 0.25) is 5.02 Å². The standard InChI is InChI=1S/C22H17ClN2O4S/c1-13(15-7-6-14(12-26)9-16(15)23)29-18-10-19(30-21(18)22(27)28-2)17-11-24-20-5-3-4-8-25(17)20/h3-13H,1-2H3/t13-/m1/s1. The number of halogens is 1. The monoisotopic (exact) mass is 440 g/mol. The molecule has 30 heavy (non-hydrogen) atoms. The molecule has 0 aliphatic carbocycles. The van der Waals surface area contributed by atoms with Crippen LogP contribution < -0.4 is 4.74 Å². The number of nitrogens with zero attached hydrogens (tertiary/aromatic N) is 2. The van der Waals surface area contributed by atoms with Crippen molar-refractivity contribution in [2.24, 2.45) is 0 Å². The van der Waals surface area contributed by atoms with Gasteiger partial charge in [0.25, 0.3) is 0 Å². The predicted molar refractivity (Wildman–Crippen MR) is 116 cm³/mol. The number of benzene rings is 1. The average molecular weight is 441 g/mol. The summed E-state index contributed by atoms with van der Waals surface area (Å²) in [5.41, 5.74) is 2.84. The molecule has 4 rings (SSSR count). The second kappa shape index (κ2) is 8.30. The number of carbonyl (C=O) groups is 2. The van der Waals surface area contributed by atoms with Crippen molar-refractivity contribution in [3.05, 3.63) is 75.9 Å². The van der Waals surface area contributed by atoms with Gasteiger partial charge in [-0.25, -0.2) is 9.78 Å². The van der Waals surface area contributed by atoms with E-state index in [0.29, 0.717) is 26.8 Å². The molecule has 1 aromatic carbocycles. The Morgan fingerprint density at radius 3 is 2.83 bits per heavy atom. The third-order valence-corrected chi connectivity index (χ3v) is 6.09. The third kappa shape index (κ3) is 3.69. The summed E-state index contributed by atoms with van der Waals surface area (Å²) >= 11 is 7.58. The van der Waals surface area contributed by atoms with Crippen LogP contribution in [0, 0.1) is 0 Å². The van der Waals surface area contributed by atoms with Crippen molar-refractivity contribution in [3.63, 3.8) is 0 Å². The fourth-order valence-corrected chi connectivity index (χ4v) is 4.50. The van der Waals surface area contributed by atoms with Gasteiger partial charge >= 0.3 is 5.97 Å². The number of fused-ring (bicyclic) bond motifs is 1. The number of ether oxygens (including phenoxy) is 2. The molecule has 3 heterocycles. The smallest absolute Gasteiger partial charge is 0.351 e. The van der Waals surface area contributed by atoms with E-state index in [1.807, 2.05) is 35.7 Å². The van der Waals surface area contributed by atoms with Crippen LogP contribution in [0.1, 0.15) is 38.6 Å². The lowest BCUT2D eigenvalue weighted by atomic mass is 10.1. The van der Waals surface area contributed by atoms with E-state index in [-0.39, 0.29) is 0 Å². The lowest BCUT2D eigenvalue weighted by molar-refractivity contribution is 0.0600. The highest BCUT2D eigenvalue weighted by Crippen LogP contribution is 2.39. The highest BCUT2D eigenvalue weighted by molar-refractivity contribution is 7.17. The van der Waals surface area contributed by atoms with Gasteiger partial charge in [0.2, 0.25) is 0 Å². The maximum absolute atomic E-state index is 12.4. The second-order valence-corrected chi connectivity index (χ2v) is 7.99. The molecule has 1 atom stereocenters. The largest absolute Gasteiger partial charge is 0.484 e. The van der Waals surface area contributed by atoms with Crippen LogP contribution in [0.5, 0.6) is 5.75 Å². The zero-order valence-electron chi connectivity index (χ0n) is 16.2. The molecule has 4 aromatic rings. The quantitative estimate of drug-likeness (QED) is 0.294. The van der Waals surface area contributed by atoms with Crippen molar-refractivity contribution in [1.29, 1.82) is 0 Å². The Balaban J connectivity index is 1.72. The topological polar surface area (TPSA) is 69.9 Å². The van der Waals surface area contributed by atoms with Crippen LogP contribution in [-0.2, 0) is 4.74 Å². The average Bonchev–Trinajstić information content (AvgIpc) is 3.37. The third-order valence-electron chi connectivity index (χ3n) is 4.64. The van der Waals surface area contributed by atoms with E-state index < -0.39 is 12.1 Å². The number of esters is 1. The molecule has 0 radical (unpaired) electrons. The summed E-state index contributed by atoms with van der Waals surface area (Å²) in [6, 6.07) is 12.5. The Morgan fingerprint density at radius 1 is 1.27 bits per heavy atom. The number of rotatable bonds is 6. The fourth-order valence-electron chi connectivity index (χ4n) is 3.14. The molecule has 6 nitrogen and oxygen atoms in total. The first-order chi connectivity index (χ1) is 14.5. The molecule has 0 saturated heterocycles. The highest BCUT2D eigenvalue weighted by atomic mass is 35.5. The molecule has 0 aliphatic heterocycles. The summed E-state index contributed by atoms with van der Waals surface area (Å²) in [5.74, 6) is -0.0829. The first-order valence-electron chi connectivity index (χ1n) is 9.07. The summed E-state index contributed by atoms with van der Waals surface area (Å²) < 4.78 is 13.0. The highest BCUT2D eigenvalue weighted by Gasteiger charge is 2.23. The molecule has 3 aromatic heterocycles. The number of thiophene rings is 1. The minimum Gasteiger partial charge on any atom is -0.484 e. The Labute approximate surface area is 181 Å². The number of pyridine rings is 1.